The van der Waals surface area contributed by atoms with Crippen LogP contribution in [-0.4, -0.2) is 22.5 Å². The Bertz CT molecular complexity index is 1400. The van der Waals surface area contributed by atoms with E-state index in [9.17, 15) is 14.4 Å². The predicted molar refractivity (Wildman–Crippen MR) is 132 cm³/mol. The summed E-state index contributed by atoms with van der Waals surface area (Å²) >= 11 is 0. The molecule has 0 spiro atoms. The molecule has 0 fully saturated rings. The molecule has 6 heteroatoms. The first-order chi connectivity index (χ1) is 16.5. The summed E-state index contributed by atoms with van der Waals surface area (Å²) < 4.78 is 7.30. The van der Waals surface area contributed by atoms with E-state index >= 15 is 0 Å². The summed E-state index contributed by atoms with van der Waals surface area (Å²) in [6.45, 7) is 1.48. The number of fused-ring (bicyclic) bond motifs is 3. The second-order valence-electron chi connectivity index (χ2n) is 8.73. The van der Waals surface area contributed by atoms with Crippen LogP contribution in [0.2, 0.25) is 0 Å². The average molecular weight is 455 g/mol. The Morgan fingerprint density at radius 2 is 1.59 bits per heavy atom. The molecule has 5 rings (SSSR count). The molecule has 1 aromatic heterocycles. The molecule has 3 aromatic carbocycles. The molecule has 6 nitrogen and oxygen atoms in total. The summed E-state index contributed by atoms with van der Waals surface area (Å²) in [7, 11) is 0. The van der Waals surface area contributed by atoms with E-state index in [2.05, 4.69) is 11.4 Å². The number of nitrogens with one attached hydrogen (secondary N) is 1. The standard InChI is InChI=1S/C28H26N2O4/c1-18(28(33)29-23-14-8-10-19-9-2-3-11-20(19)23)34-26(31)17-30-24-15-6-4-12-21(24)27(32)22-13-5-7-16-25(22)30/h2-7,9,11-13,15-16,18,23H,8,10,14,17H2,1H3,(H,29,33). The van der Waals surface area contributed by atoms with Crippen LogP contribution in [0.4, 0.5) is 0 Å². The molecule has 4 aromatic rings. The summed E-state index contributed by atoms with van der Waals surface area (Å²) in [6.07, 6.45) is 1.94. The van der Waals surface area contributed by atoms with Gasteiger partial charge in [-0.25, -0.2) is 0 Å². The minimum atomic E-state index is -0.932. The van der Waals surface area contributed by atoms with Crippen molar-refractivity contribution in [1.82, 2.24) is 9.88 Å². The van der Waals surface area contributed by atoms with Gasteiger partial charge in [-0.2, -0.15) is 0 Å². The smallest absolute Gasteiger partial charge is 0.326 e. The van der Waals surface area contributed by atoms with E-state index in [0.29, 0.717) is 21.8 Å². The first kappa shape index (κ1) is 21.9. The third kappa shape index (κ3) is 4.07. The van der Waals surface area contributed by atoms with E-state index in [1.54, 1.807) is 35.8 Å². The van der Waals surface area contributed by atoms with Crippen LogP contribution in [-0.2, 0) is 27.3 Å². The topological polar surface area (TPSA) is 77.4 Å². The molecule has 0 radical (unpaired) electrons. The van der Waals surface area contributed by atoms with Crippen molar-refractivity contribution in [2.24, 2.45) is 0 Å². The van der Waals surface area contributed by atoms with E-state index in [0.717, 1.165) is 24.8 Å². The maximum absolute atomic E-state index is 12.9. The fraction of sp³-hybridized carbons (Fsp3) is 0.250. The number of hydrogen-bond donors (Lipinski definition) is 1. The second kappa shape index (κ2) is 9.14. The number of hydrogen-bond acceptors (Lipinski definition) is 4. The van der Waals surface area contributed by atoms with Crippen molar-refractivity contribution in [1.29, 1.82) is 0 Å². The lowest BCUT2D eigenvalue weighted by Crippen LogP contribution is -2.39. The molecule has 1 amide bonds. The highest BCUT2D eigenvalue weighted by molar-refractivity contribution is 5.94. The molecule has 0 bridgehead atoms. The average Bonchev–Trinajstić information content (AvgIpc) is 2.86. The molecule has 34 heavy (non-hydrogen) atoms. The Morgan fingerprint density at radius 1 is 0.971 bits per heavy atom. The largest absolute Gasteiger partial charge is 0.451 e. The van der Waals surface area contributed by atoms with Gasteiger partial charge in [0, 0.05) is 10.8 Å². The van der Waals surface area contributed by atoms with Crippen molar-refractivity contribution in [3.8, 4) is 0 Å². The molecule has 1 aliphatic rings. The van der Waals surface area contributed by atoms with Crippen molar-refractivity contribution in [3.63, 3.8) is 0 Å². The van der Waals surface area contributed by atoms with E-state index in [1.165, 1.54) is 5.56 Å². The molecule has 1 heterocycles. The van der Waals surface area contributed by atoms with Gasteiger partial charge < -0.3 is 14.6 Å². The number of pyridine rings is 1. The number of para-hydroxylation sites is 2. The minimum absolute atomic E-state index is 0.0728. The van der Waals surface area contributed by atoms with Gasteiger partial charge in [-0.1, -0.05) is 48.5 Å². The zero-order valence-corrected chi connectivity index (χ0v) is 19.0. The summed E-state index contributed by atoms with van der Waals surface area (Å²) in [5.41, 5.74) is 3.61. The third-order valence-corrected chi connectivity index (χ3v) is 6.53. The van der Waals surface area contributed by atoms with Crippen molar-refractivity contribution >= 4 is 33.7 Å². The number of amides is 1. The molecular weight excluding hydrogens is 428 g/mol. The quantitative estimate of drug-likeness (QED) is 0.361. The van der Waals surface area contributed by atoms with Gasteiger partial charge in [0.2, 0.25) is 0 Å². The lowest BCUT2D eigenvalue weighted by molar-refractivity contribution is -0.155. The van der Waals surface area contributed by atoms with Gasteiger partial charge in [0.05, 0.1) is 17.1 Å². The summed E-state index contributed by atoms with van der Waals surface area (Å²) in [6, 6.07) is 22.4. The number of carbonyl (C=O) groups excluding carboxylic acids is 2. The van der Waals surface area contributed by atoms with Crippen LogP contribution < -0.4 is 10.7 Å². The molecule has 1 aliphatic carbocycles. The van der Waals surface area contributed by atoms with E-state index < -0.39 is 12.1 Å². The van der Waals surface area contributed by atoms with Gasteiger partial charge >= 0.3 is 5.97 Å². The van der Waals surface area contributed by atoms with Crippen molar-refractivity contribution < 1.29 is 14.3 Å². The molecule has 172 valence electrons. The number of aromatic nitrogens is 1. The highest BCUT2D eigenvalue weighted by Gasteiger charge is 2.25. The van der Waals surface area contributed by atoms with Crippen LogP contribution in [0.5, 0.6) is 0 Å². The van der Waals surface area contributed by atoms with Crippen LogP contribution in [0.1, 0.15) is 36.9 Å². The number of aryl methyl sites for hydroxylation is 1. The SMILES string of the molecule is CC(OC(=O)Cn1c2ccccc2c(=O)c2ccccc21)C(=O)NC1CCCc2ccccc21. The van der Waals surface area contributed by atoms with E-state index in [1.807, 2.05) is 42.5 Å². The fourth-order valence-electron chi connectivity index (χ4n) is 4.86. The van der Waals surface area contributed by atoms with Crippen molar-refractivity contribution in [3.05, 3.63) is 94.1 Å². The molecule has 0 saturated carbocycles. The first-order valence-electron chi connectivity index (χ1n) is 11.6. The van der Waals surface area contributed by atoms with Crippen molar-refractivity contribution in [2.75, 3.05) is 0 Å². The van der Waals surface area contributed by atoms with Crippen LogP contribution >= 0.6 is 0 Å². The molecule has 1 N–H and O–H groups in total. The Kier molecular flexibility index (Phi) is 5.88. The zero-order valence-electron chi connectivity index (χ0n) is 19.0. The van der Waals surface area contributed by atoms with E-state index in [-0.39, 0.29) is 23.9 Å². The Balaban J connectivity index is 1.34. The minimum Gasteiger partial charge on any atom is -0.451 e. The van der Waals surface area contributed by atoms with Crippen LogP contribution in [0.3, 0.4) is 0 Å². The number of carbonyl (C=O) groups is 2. The number of esters is 1. The monoisotopic (exact) mass is 454 g/mol. The Labute approximate surface area is 197 Å². The number of ether oxygens (including phenoxy) is 1. The fourth-order valence-corrected chi connectivity index (χ4v) is 4.86. The summed E-state index contributed by atoms with van der Waals surface area (Å²) in [5.74, 6) is -0.852. The molecule has 0 saturated heterocycles. The highest BCUT2D eigenvalue weighted by Crippen LogP contribution is 2.29. The lowest BCUT2D eigenvalue weighted by atomic mass is 9.87. The maximum Gasteiger partial charge on any atom is 0.326 e. The van der Waals surface area contributed by atoms with Crippen LogP contribution in [0, 0.1) is 0 Å². The number of benzene rings is 3. The molecule has 0 aliphatic heterocycles. The van der Waals surface area contributed by atoms with Gasteiger partial charge in [-0.3, -0.25) is 14.4 Å². The van der Waals surface area contributed by atoms with Crippen LogP contribution in [0.25, 0.3) is 21.8 Å². The highest BCUT2D eigenvalue weighted by atomic mass is 16.5. The first-order valence-corrected chi connectivity index (χ1v) is 11.6. The van der Waals surface area contributed by atoms with Crippen LogP contribution in [0.15, 0.2) is 77.6 Å². The number of nitrogens with zero attached hydrogens (tertiary/aromatic N) is 1. The van der Waals surface area contributed by atoms with Crippen molar-refractivity contribution in [2.45, 2.75) is 44.9 Å². The van der Waals surface area contributed by atoms with Gasteiger partial charge in [-0.15, -0.1) is 0 Å². The third-order valence-electron chi connectivity index (χ3n) is 6.53. The summed E-state index contributed by atoms with van der Waals surface area (Å²) in [4.78, 5) is 38.6. The number of rotatable bonds is 5. The van der Waals surface area contributed by atoms with E-state index in [4.69, 9.17) is 4.74 Å². The maximum atomic E-state index is 12.9. The summed E-state index contributed by atoms with van der Waals surface area (Å²) in [5, 5.41) is 4.12. The normalized spacial score (nSPS) is 16.1. The molecular formula is C28H26N2O4. The van der Waals surface area contributed by atoms with Gasteiger partial charge in [0.1, 0.15) is 6.54 Å². The molecule has 2 atom stereocenters. The Morgan fingerprint density at radius 3 is 2.29 bits per heavy atom. The van der Waals surface area contributed by atoms with Gasteiger partial charge in [0.15, 0.2) is 11.5 Å². The van der Waals surface area contributed by atoms with Gasteiger partial charge in [-0.05, 0) is 61.6 Å². The predicted octanol–water partition coefficient (Wildman–Crippen LogP) is 4.28. The lowest BCUT2D eigenvalue weighted by Gasteiger charge is -2.27. The Hall–Kier alpha value is -3.93. The second-order valence-corrected chi connectivity index (χ2v) is 8.73. The molecule has 2 unspecified atom stereocenters. The van der Waals surface area contributed by atoms with Gasteiger partial charge in [0.25, 0.3) is 5.91 Å². The zero-order chi connectivity index (χ0) is 23.7.